The molecule has 0 aromatic rings. The Balaban J connectivity index is -0.000000347. The first-order chi connectivity index (χ1) is 18.2. The molecular formula is C32H56O10. The first-order valence-corrected chi connectivity index (χ1v) is 13.5. The van der Waals surface area contributed by atoms with Crippen molar-refractivity contribution in [3.05, 3.63) is 12.7 Å². The van der Waals surface area contributed by atoms with Gasteiger partial charge in [0.25, 0.3) is 0 Å². The molecule has 0 saturated heterocycles. The van der Waals surface area contributed by atoms with Gasteiger partial charge in [-0.3, -0.25) is 28.8 Å². The quantitative estimate of drug-likeness (QED) is 0.118. The van der Waals surface area contributed by atoms with Crippen LogP contribution in [-0.2, 0) is 47.8 Å². The van der Waals surface area contributed by atoms with E-state index in [1.54, 1.807) is 41.5 Å². The Morgan fingerprint density at radius 1 is 0.571 bits per heavy atom. The van der Waals surface area contributed by atoms with Crippen LogP contribution in [0, 0.1) is 5.41 Å². The summed E-state index contributed by atoms with van der Waals surface area (Å²) in [5.74, 6) is -2.16. The average Bonchev–Trinajstić information content (AvgIpc) is 2.69. The van der Waals surface area contributed by atoms with Crippen molar-refractivity contribution in [1.82, 2.24) is 0 Å². The fraction of sp³-hybridized carbons (Fsp3) is 0.719. The minimum atomic E-state index is -1.37. The summed E-state index contributed by atoms with van der Waals surface area (Å²) >= 11 is 0. The summed E-state index contributed by atoms with van der Waals surface area (Å²) in [7, 11) is 0. The summed E-state index contributed by atoms with van der Waals surface area (Å²) < 4.78 is 15.3. The van der Waals surface area contributed by atoms with E-state index >= 15 is 0 Å². The fourth-order valence-electron chi connectivity index (χ4n) is 3.19. The van der Waals surface area contributed by atoms with Crippen molar-refractivity contribution in [2.75, 3.05) is 0 Å². The van der Waals surface area contributed by atoms with Crippen molar-refractivity contribution in [2.24, 2.45) is 5.41 Å². The van der Waals surface area contributed by atoms with Crippen molar-refractivity contribution in [1.29, 1.82) is 0 Å². The molecular weight excluding hydrogens is 544 g/mol. The van der Waals surface area contributed by atoms with Crippen LogP contribution >= 0.6 is 0 Å². The molecule has 0 aliphatic carbocycles. The maximum Gasteiger partial charge on any atom is 0.330 e. The number of rotatable bonds is 11. The minimum Gasteiger partial charge on any atom is -0.460 e. The third-order valence-electron chi connectivity index (χ3n) is 4.77. The number of ether oxygens (including phenoxy) is 3. The van der Waals surface area contributed by atoms with E-state index in [4.69, 9.17) is 14.2 Å². The lowest BCUT2D eigenvalue weighted by Crippen LogP contribution is -2.38. The molecule has 42 heavy (non-hydrogen) atoms. The molecule has 10 nitrogen and oxygen atoms in total. The summed E-state index contributed by atoms with van der Waals surface area (Å²) in [5.41, 5.74) is -3.04. The highest BCUT2D eigenvalue weighted by Gasteiger charge is 2.41. The number of hydrogen-bond donors (Lipinski definition) is 0. The zero-order chi connectivity index (χ0) is 33.4. The van der Waals surface area contributed by atoms with Crippen LogP contribution in [0.3, 0.4) is 0 Å². The molecule has 0 aliphatic heterocycles. The third kappa shape index (κ3) is 27.0. The third-order valence-corrected chi connectivity index (χ3v) is 4.77. The first-order valence-electron chi connectivity index (χ1n) is 13.5. The molecule has 244 valence electrons. The molecule has 0 rings (SSSR count). The zero-order valence-electron chi connectivity index (χ0n) is 27.4. The van der Waals surface area contributed by atoms with E-state index in [-0.39, 0.29) is 68.6 Å². The molecule has 0 spiro atoms. The van der Waals surface area contributed by atoms with Crippen LogP contribution in [0.2, 0.25) is 0 Å². The van der Waals surface area contributed by atoms with Gasteiger partial charge in [0, 0.05) is 18.9 Å². The van der Waals surface area contributed by atoms with Crippen LogP contribution < -0.4 is 0 Å². The van der Waals surface area contributed by atoms with Gasteiger partial charge in [-0.05, 0) is 103 Å². The monoisotopic (exact) mass is 600 g/mol. The Kier molecular flexibility index (Phi) is 21.7. The lowest BCUT2D eigenvalue weighted by atomic mass is 9.73. The predicted octanol–water partition coefficient (Wildman–Crippen LogP) is 6.10. The lowest BCUT2D eigenvalue weighted by Gasteiger charge is -2.29. The second kappa shape index (κ2) is 19.9. The van der Waals surface area contributed by atoms with Crippen LogP contribution in [-0.4, -0.2) is 57.8 Å². The van der Waals surface area contributed by atoms with E-state index in [0.717, 1.165) is 6.08 Å². The largest absolute Gasteiger partial charge is 0.460 e. The summed E-state index contributed by atoms with van der Waals surface area (Å²) in [4.78, 5) is 78.8. The van der Waals surface area contributed by atoms with Crippen LogP contribution in [0.25, 0.3) is 0 Å². The summed E-state index contributed by atoms with van der Waals surface area (Å²) in [5, 5.41) is 0. The SMILES string of the molecule is C.C=CC(=O)OC(C)(C)C.CC(=O)C(CCC(=O)OC(C)(C)C)(CCC(=O)OC(C)(C)C)C(C)=O.CC(=O)CC(C)=O. The molecule has 0 amide bonds. The van der Waals surface area contributed by atoms with Crippen LogP contribution in [0.1, 0.15) is 130 Å². The highest BCUT2D eigenvalue weighted by molar-refractivity contribution is 6.05. The molecule has 0 saturated carbocycles. The molecule has 0 fully saturated rings. The second-order valence-electron chi connectivity index (χ2n) is 12.7. The number of esters is 3. The van der Waals surface area contributed by atoms with Gasteiger partial charge >= 0.3 is 17.9 Å². The molecule has 0 atom stereocenters. The van der Waals surface area contributed by atoms with Gasteiger partial charge in [0.2, 0.25) is 0 Å². The fourth-order valence-corrected chi connectivity index (χ4v) is 3.19. The zero-order valence-corrected chi connectivity index (χ0v) is 27.4. The van der Waals surface area contributed by atoms with Crippen LogP contribution in [0.4, 0.5) is 0 Å². The van der Waals surface area contributed by atoms with Gasteiger partial charge in [0.1, 0.15) is 39.9 Å². The Bertz CT molecular complexity index is 878. The molecule has 0 unspecified atom stereocenters. The number of carbonyl (C=O) groups excluding carboxylic acids is 7. The molecule has 0 aliphatic rings. The molecule has 0 radical (unpaired) electrons. The minimum absolute atomic E-state index is 0. The van der Waals surface area contributed by atoms with Crippen molar-refractivity contribution in [3.63, 3.8) is 0 Å². The highest BCUT2D eigenvalue weighted by Crippen LogP contribution is 2.33. The number of carbonyl (C=O) groups is 7. The van der Waals surface area contributed by atoms with Gasteiger partial charge in [0.05, 0.1) is 11.8 Å². The van der Waals surface area contributed by atoms with Gasteiger partial charge in [0.15, 0.2) is 0 Å². The van der Waals surface area contributed by atoms with Crippen molar-refractivity contribution in [2.45, 2.75) is 146 Å². The van der Waals surface area contributed by atoms with Gasteiger partial charge in [-0.2, -0.15) is 0 Å². The predicted molar refractivity (Wildman–Crippen MR) is 163 cm³/mol. The van der Waals surface area contributed by atoms with Crippen LogP contribution in [0.5, 0.6) is 0 Å². The smallest absolute Gasteiger partial charge is 0.330 e. The van der Waals surface area contributed by atoms with Gasteiger partial charge in [-0.1, -0.05) is 14.0 Å². The van der Waals surface area contributed by atoms with E-state index in [2.05, 4.69) is 6.58 Å². The Morgan fingerprint density at radius 2 is 0.857 bits per heavy atom. The number of Topliss-reactive ketones (excluding diaryl/α,β-unsaturated/α-hetero) is 4. The first kappa shape index (κ1) is 45.8. The number of hydrogen-bond acceptors (Lipinski definition) is 10. The summed E-state index contributed by atoms with van der Waals surface area (Å²) in [6.45, 7) is 24.6. The van der Waals surface area contributed by atoms with E-state index in [1.807, 2.05) is 20.8 Å². The van der Waals surface area contributed by atoms with E-state index in [1.165, 1.54) is 27.7 Å². The van der Waals surface area contributed by atoms with Gasteiger partial charge in [-0.25, -0.2) is 4.79 Å². The van der Waals surface area contributed by atoms with Crippen molar-refractivity contribution in [3.8, 4) is 0 Å². The van der Waals surface area contributed by atoms with E-state index in [0.29, 0.717) is 0 Å². The van der Waals surface area contributed by atoms with Crippen LogP contribution in [0.15, 0.2) is 12.7 Å². The molecule has 0 bridgehead atoms. The maximum absolute atomic E-state index is 12.2. The lowest BCUT2D eigenvalue weighted by molar-refractivity contribution is -0.157. The molecule has 0 aromatic carbocycles. The van der Waals surface area contributed by atoms with Gasteiger partial charge < -0.3 is 14.2 Å². The topological polar surface area (TPSA) is 147 Å². The second-order valence-corrected chi connectivity index (χ2v) is 12.7. The highest BCUT2D eigenvalue weighted by atomic mass is 16.6. The summed E-state index contributed by atoms with van der Waals surface area (Å²) in [6, 6.07) is 0. The Labute approximate surface area is 253 Å². The van der Waals surface area contributed by atoms with Gasteiger partial charge in [-0.15, -0.1) is 0 Å². The van der Waals surface area contributed by atoms with Crippen molar-refractivity contribution < 1.29 is 47.8 Å². The Hall–Kier alpha value is -3.17. The van der Waals surface area contributed by atoms with Crippen molar-refractivity contribution >= 4 is 41.0 Å². The molecule has 0 heterocycles. The molecule has 0 N–H and O–H groups in total. The maximum atomic E-state index is 12.2. The van der Waals surface area contributed by atoms with E-state index in [9.17, 15) is 33.6 Å². The summed E-state index contributed by atoms with van der Waals surface area (Å²) in [6.07, 6.45) is 1.16. The molecule has 10 heteroatoms. The molecule has 0 aromatic heterocycles. The Morgan fingerprint density at radius 3 is 1.00 bits per heavy atom. The number of ketones is 4. The average molecular weight is 601 g/mol. The van der Waals surface area contributed by atoms with E-state index < -0.39 is 34.2 Å². The normalized spacial score (nSPS) is 11.1. The standard InChI is InChI=1S/C19H32O6.C7H12O2.C5H8O2.CH4/c1-13(20)19(14(2)21,11-9-15(22)24-17(3,4)5)12-10-16(23)25-18(6,7)8;1-5-6(8)9-7(2,3)4;1-4(6)3-5(2)7;/h9-12H2,1-8H3;5H,1H2,2-4H3;3H2,1-2H3;1H4.